The molecule has 2 aromatic heterocycles. The molecule has 0 radical (unpaired) electrons. The van der Waals surface area contributed by atoms with E-state index < -0.39 is 12.3 Å². The second-order valence-electron chi connectivity index (χ2n) is 7.31. The number of halogens is 3. The number of carbonyl (C=O) groups excluding carboxylic acids is 1. The van der Waals surface area contributed by atoms with Crippen LogP contribution in [0.15, 0.2) is 35.7 Å². The lowest BCUT2D eigenvalue weighted by molar-refractivity contribution is -0.274. The van der Waals surface area contributed by atoms with Crippen molar-refractivity contribution in [2.75, 3.05) is 0 Å². The Balaban J connectivity index is 1.67. The molecule has 1 aliphatic rings. The van der Waals surface area contributed by atoms with Crippen molar-refractivity contribution in [3.05, 3.63) is 47.0 Å². The summed E-state index contributed by atoms with van der Waals surface area (Å²) >= 11 is 1.39. The first-order valence-electron chi connectivity index (χ1n) is 9.56. The molecule has 30 heavy (non-hydrogen) atoms. The number of thiazole rings is 1. The molecule has 9 heteroatoms. The van der Waals surface area contributed by atoms with Gasteiger partial charge in [-0.25, -0.2) is 4.98 Å². The normalized spacial score (nSPS) is 14.9. The van der Waals surface area contributed by atoms with E-state index in [1.807, 2.05) is 12.3 Å². The zero-order valence-electron chi connectivity index (χ0n) is 16.2. The number of carbonyl (C=O) groups is 1. The third-order valence-corrected chi connectivity index (χ3v) is 6.24. The summed E-state index contributed by atoms with van der Waals surface area (Å²) in [6.07, 6.45) is -0.362. The Hall–Kier alpha value is -2.81. The summed E-state index contributed by atoms with van der Waals surface area (Å²) in [4.78, 5) is 16.6. The van der Waals surface area contributed by atoms with Crippen LogP contribution in [-0.2, 0) is 0 Å². The molecular formula is C21H20F3N3O2S. The summed E-state index contributed by atoms with van der Waals surface area (Å²) in [6.45, 7) is 1.90. The lowest BCUT2D eigenvalue weighted by atomic mass is 10.2. The molecule has 1 saturated carbocycles. The predicted molar refractivity (Wildman–Crippen MR) is 108 cm³/mol. The monoisotopic (exact) mass is 435 g/mol. The van der Waals surface area contributed by atoms with Gasteiger partial charge in [0.05, 0.1) is 17.0 Å². The Morgan fingerprint density at radius 3 is 2.50 bits per heavy atom. The maximum Gasteiger partial charge on any atom is 0.573 e. The van der Waals surface area contributed by atoms with E-state index >= 15 is 0 Å². The summed E-state index contributed by atoms with van der Waals surface area (Å²) in [5.41, 5.74) is 9.14. The molecule has 0 atom stereocenters. The number of alkyl halides is 3. The maximum atomic E-state index is 12.3. The van der Waals surface area contributed by atoms with Crippen LogP contribution < -0.4 is 10.5 Å². The summed E-state index contributed by atoms with van der Waals surface area (Å²) in [5, 5.41) is 2.56. The summed E-state index contributed by atoms with van der Waals surface area (Å²) in [6, 6.07) is 7.70. The number of ether oxygens (including phenoxy) is 1. The first kappa shape index (κ1) is 20.5. The number of aromatic nitrogens is 2. The third kappa shape index (κ3) is 4.07. The van der Waals surface area contributed by atoms with Gasteiger partial charge in [0.2, 0.25) is 0 Å². The van der Waals surface area contributed by atoms with Crippen LogP contribution >= 0.6 is 11.3 Å². The van der Waals surface area contributed by atoms with E-state index in [-0.39, 0.29) is 5.75 Å². The molecule has 0 spiro atoms. The molecule has 0 saturated heterocycles. The third-order valence-electron chi connectivity index (χ3n) is 5.35. The standard InChI is InChI=1S/C21H20F3N3O2S/c1-12-16(19(25)28)10-18(27(12)14-4-2-3-5-14)17-11-30-20(26-17)13-6-8-15(9-7-13)29-21(22,23)24/h6-11,14H,2-5H2,1H3,(H2,25,28). The summed E-state index contributed by atoms with van der Waals surface area (Å²) in [7, 11) is 0. The Labute approximate surface area is 175 Å². The van der Waals surface area contributed by atoms with Crippen molar-refractivity contribution in [1.29, 1.82) is 0 Å². The molecule has 3 aromatic rings. The van der Waals surface area contributed by atoms with E-state index in [0.717, 1.165) is 37.1 Å². The fourth-order valence-corrected chi connectivity index (χ4v) is 4.84. The second-order valence-corrected chi connectivity index (χ2v) is 8.17. The van der Waals surface area contributed by atoms with E-state index in [9.17, 15) is 18.0 Å². The van der Waals surface area contributed by atoms with Crippen molar-refractivity contribution in [1.82, 2.24) is 9.55 Å². The van der Waals surface area contributed by atoms with Crippen molar-refractivity contribution in [3.8, 4) is 27.7 Å². The molecule has 2 heterocycles. The van der Waals surface area contributed by atoms with Crippen molar-refractivity contribution in [2.45, 2.75) is 45.0 Å². The van der Waals surface area contributed by atoms with Gasteiger partial charge in [0.25, 0.3) is 5.91 Å². The van der Waals surface area contributed by atoms with Gasteiger partial charge in [-0.05, 0) is 50.1 Å². The van der Waals surface area contributed by atoms with Crippen LogP contribution in [0.5, 0.6) is 5.75 Å². The van der Waals surface area contributed by atoms with Crippen molar-refractivity contribution in [3.63, 3.8) is 0 Å². The number of hydrogen-bond acceptors (Lipinski definition) is 4. The van der Waals surface area contributed by atoms with Gasteiger partial charge in [0, 0.05) is 22.7 Å². The lowest BCUT2D eigenvalue weighted by Crippen LogP contribution is -2.16. The average Bonchev–Trinajstić information content (AvgIpc) is 3.40. The van der Waals surface area contributed by atoms with Gasteiger partial charge in [0.15, 0.2) is 0 Å². The Morgan fingerprint density at radius 1 is 1.23 bits per heavy atom. The second kappa shape index (κ2) is 7.79. The molecule has 0 aliphatic heterocycles. The van der Waals surface area contributed by atoms with Crippen molar-refractivity contribution < 1.29 is 22.7 Å². The molecule has 1 aromatic carbocycles. The van der Waals surface area contributed by atoms with Crippen LogP contribution in [-0.4, -0.2) is 21.8 Å². The minimum Gasteiger partial charge on any atom is -0.406 e. The number of primary amides is 1. The van der Waals surface area contributed by atoms with E-state index in [2.05, 4.69) is 14.3 Å². The predicted octanol–water partition coefficient (Wildman–Crippen LogP) is 5.70. The molecule has 1 fully saturated rings. The Bertz CT molecular complexity index is 1060. The van der Waals surface area contributed by atoms with Crippen molar-refractivity contribution >= 4 is 17.2 Å². The molecule has 0 unspecified atom stereocenters. The summed E-state index contributed by atoms with van der Waals surface area (Å²) < 4.78 is 43.1. The van der Waals surface area contributed by atoms with Crippen LogP contribution in [0.25, 0.3) is 22.0 Å². The Kier molecular flexibility index (Phi) is 5.31. The van der Waals surface area contributed by atoms with Gasteiger partial charge in [-0.15, -0.1) is 24.5 Å². The molecule has 4 rings (SSSR count). The van der Waals surface area contributed by atoms with E-state index in [1.54, 1.807) is 18.2 Å². The molecule has 158 valence electrons. The van der Waals surface area contributed by atoms with Gasteiger partial charge in [-0.3, -0.25) is 4.79 Å². The largest absolute Gasteiger partial charge is 0.573 e. The molecule has 1 amide bonds. The number of amides is 1. The van der Waals surface area contributed by atoms with Crippen LogP contribution in [0.2, 0.25) is 0 Å². The highest BCUT2D eigenvalue weighted by Gasteiger charge is 2.31. The number of nitrogens with zero attached hydrogens (tertiary/aromatic N) is 2. The van der Waals surface area contributed by atoms with E-state index in [1.165, 1.54) is 23.5 Å². The van der Waals surface area contributed by atoms with Crippen LogP contribution in [0.1, 0.15) is 47.8 Å². The van der Waals surface area contributed by atoms with E-state index in [0.29, 0.717) is 27.9 Å². The van der Waals surface area contributed by atoms with Gasteiger partial charge in [-0.1, -0.05) is 12.8 Å². The van der Waals surface area contributed by atoms with Gasteiger partial charge in [0.1, 0.15) is 10.8 Å². The average molecular weight is 435 g/mol. The van der Waals surface area contributed by atoms with Crippen LogP contribution in [0, 0.1) is 6.92 Å². The van der Waals surface area contributed by atoms with Gasteiger partial charge >= 0.3 is 6.36 Å². The van der Waals surface area contributed by atoms with Gasteiger partial charge in [-0.2, -0.15) is 0 Å². The zero-order valence-corrected chi connectivity index (χ0v) is 17.0. The highest BCUT2D eigenvalue weighted by atomic mass is 32.1. The highest BCUT2D eigenvalue weighted by Crippen LogP contribution is 2.38. The van der Waals surface area contributed by atoms with Crippen molar-refractivity contribution in [2.24, 2.45) is 5.73 Å². The lowest BCUT2D eigenvalue weighted by Gasteiger charge is -2.18. The number of rotatable bonds is 5. The fraction of sp³-hybridized carbons (Fsp3) is 0.333. The Morgan fingerprint density at radius 2 is 1.90 bits per heavy atom. The molecule has 5 nitrogen and oxygen atoms in total. The molecule has 1 aliphatic carbocycles. The number of nitrogens with two attached hydrogens (primary N) is 1. The fourth-order valence-electron chi connectivity index (χ4n) is 4.02. The van der Waals surface area contributed by atoms with Crippen LogP contribution in [0.4, 0.5) is 13.2 Å². The first-order chi connectivity index (χ1) is 14.2. The quantitative estimate of drug-likeness (QED) is 0.559. The van der Waals surface area contributed by atoms with Crippen LogP contribution in [0.3, 0.4) is 0 Å². The summed E-state index contributed by atoms with van der Waals surface area (Å²) in [5.74, 6) is -0.749. The number of hydrogen-bond donors (Lipinski definition) is 1. The minimum atomic E-state index is -4.72. The molecule has 0 bridgehead atoms. The zero-order chi connectivity index (χ0) is 21.5. The number of benzene rings is 1. The van der Waals surface area contributed by atoms with Gasteiger partial charge < -0.3 is 15.0 Å². The molecular weight excluding hydrogens is 415 g/mol. The minimum absolute atomic E-state index is 0.278. The first-order valence-corrected chi connectivity index (χ1v) is 10.4. The SMILES string of the molecule is Cc1c(C(N)=O)cc(-c2csc(-c3ccc(OC(F)(F)F)cc3)n2)n1C1CCCC1. The maximum absolute atomic E-state index is 12.3. The van der Waals surface area contributed by atoms with E-state index in [4.69, 9.17) is 5.73 Å². The topological polar surface area (TPSA) is 70.1 Å². The highest BCUT2D eigenvalue weighted by molar-refractivity contribution is 7.13. The smallest absolute Gasteiger partial charge is 0.406 e. The molecule has 2 N–H and O–H groups in total.